The number of aromatic nitrogens is 2. The second-order valence-corrected chi connectivity index (χ2v) is 9.60. The molecule has 2 N–H and O–H groups in total. The van der Waals surface area contributed by atoms with Crippen LogP contribution in [0.1, 0.15) is 51.4 Å². The Morgan fingerprint density at radius 1 is 0.500 bits per heavy atom. The fourth-order valence-corrected chi connectivity index (χ4v) is 4.04. The number of rotatable bonds is 17. The third-order valence-corrected chi connectivity index (χ3v) is 6.29. The monoisotopic (exact) mass is 568 g/mol. The number of hydrogen-bond donors (Lipinski definition) is 2. The van der Waals surface area contributed by atoms with E-state index in [9.17, 15) is 10.2 Å². The molecule has 0 fully saturated rings. The predicted octanol–water partition coefficient (Wildman–Crippen LogP) is 9.30. The van der Waals surface area contributed by atoms with Crippen LogP contribution in [-0.4, -0.2) is 33.4 Å². The summed E-state index contributed by atoms with van der Waals surface area (Å²) >= 11 is 0. The summed E-state index contributed by atoms with van der Waals surface area (Å²) in [7, 11) is 0. The summed E-state index contributed by atoms with van der Waals surface area (Å²) in [6.07, 6.45) is 12.1. The molecule has 4 rings (SSSR count). The number of phenolic OH excluding ortho intramolecular Hbond substituents is 2. The number of aromatic hydroxyl groups is 2. The van der Waals surface area contributed by atoms with Gasteiger partial charge < -0.3 is 19.7 Å². The molecule has 0 aliphatic rings. The number of benzene rings is 2. The van der Waals surface area contributed by atoms with Crippen molar-refractivity contribution in [2.45, 2.75) is 51.4 Å². The zero-order chi connectivity index (χ0) is 29.2. The number of phenols is 2. The average Bonchev–Trinajstić information content (AvgIpc) is 3.01. The van der Waals surface area contributed by atoms with Gasteiger partial charge in [-0.3, -0.25) is 0 Å². The van der Waals surface area contributed by atoms with Gasteiger partial charge in [-0.15, -0.1) is 20.5 Å². The van der Waals surface area contributed by atoms with Gasteiger partial charge in [0.25, 0.3) is 0 Å². The Labute approximate surface area is 245 Å². The lowest BCUT2D eigenvalue weighted by Crippen LogP contribution is -1.97. The third kappa shape index (κ3) is 10.6. The molecule has 0 aliphatic heterocycles. The molecule has 0 saturated carbocycles. The highest BCUT2D eigenvalue weighted by Gasteiger charge is 2.05. The quantitative estimate of drug-likeness (QED) is 0.0962. The Morgan fingerprint density at radius 2 is 0.929 bits per heavy atom. The van der Waals surface area contributed by atoms with Gasteiger partial charge >= 0.3 is 0 Å². The van der Waals surface area contributed by atoms with Crippen molar-refractivity contribution < 1.29 is 19.7 Å². The summed E-state index contributed by atoms with van der Waals surface area (Å²) < 4.78 is 11.5. The first-order chi connectivity index (χ1) is 20.7. The highest BCUT2D eigenvalue weighted by molar-refractivity contribution is 5.54. The molecule has 0 aliphatic carbocycles. The molecule has 0 amide bonds. The van der Waals surface area contributed by atoms with E-state index < -0.39 is 0 Å². The Balaban J connectivity index is 1.00. The number of pyridine rings is 2. The van der Waals surface area contributed by atoms with Crippen molar-refractivity contribution in [1.29, 1.82) is 0 Å². The highest BCUT2D eigenvalue weighted by atomic mass is 16.5. The van der Waals surface area contributed by atoms with Crippen LogP contribution in [0.4, 0.5) is 23.0 Å². The van der Waals surface area contributed by atoms with Gasteiger partial charge in [0.05, 0.1) is 13.2 Å². The van der Waals surface area contributed by atoms with E-state index in [4.69, 9.17) is 9.47 Å². The Kier molecular flexibility index (Phi) is 12.2. The van der Waals surface area contributed by atoms with Crippen LogP contribution in [0, 0.1) is 0 Å². The number of ether oxygens (including phenoxy) is 2. The molecule has 4 aromatic rings. The molecule has 10 heteroatoms. The van der Waals surface area contributed by atoms with Crippen molar-refractivity contribution in [2.75, 3.05) is 13.2 Å². The van der Waals surface area contributed by atoms with Crippen LogP contribution >= 0.6 is 0 Å². The minimum atomic E-state index is 0.0217. The Bertz CT molecular complexity index is 1310. The van der Waals surface area contributed by atoms with Gasteiger partial charge in [0.15, 0.2) is 11.6 Å². The van der Waals surface area contributed by atoms with Crippen molar-refractivity contribution in [3.63, 3.8) is 0 Å². The van der Waals surface area contributed by atoms with Crippen LogP contribution in [0.15, 0.2) is 106 Å². The summed E-state index contributed by atoms with van der Waals surface area (Å²) in [5, 5.41) is 36.5. The second-order valence-electron chi connectivity index (χ2n) is 9.60. The maximum Gasteiger partial charge on any atom is 0.174 e. The molecule has 0 spiro atoms. The summed E-state index contributed by atoms with van der Waals surface area (Å²) in [5.74, 6) is 2.23. The molecular weight excluding hydrogens is 532 g/mol. The van der Waals surface area contributed by atoms with E-state index in [0.717, 1.165) is 25.7 Å². The van der Waals surface area contributed by atoms with Gasteiger partial charge in [-0.25, -0.2) is 9.97 Å². The van der Waals surface area contributed by atoms with Crippen LogP contribution in [-0.2, 0) is 0 Å². The molecule has 0 saturated heterocycles. The van der Waals surface area contributed by atoms with E-state index in [0.29, 0.717) is 47.7 Å². The lowest BCUT2D eigenvalue weighted by atomic mass is 10.1. The number of nitrogens with zero attached hydrogens (tertiary/aromatic N) is 6. The van der Waals surface area contributed by atoms with E-state index in [1.165, 1.54) is 25.7 Å². The zero-order valence-electron chi connectivity index (χ0n) is 23.5. The van der Waals surface area contributed by atoms with Crippen LogP contribution < -0.4 is 9.47 Å². The molecule has 0 bridgehead atoms. The summed E-state index contributed by atoms with van der Waals surface area (Å²) in [6.45, 7) is 1.21. The lowest BCUT2D eigenvalue weighted by Gasteiger charge is -2.08. The molecule has 2 aromatic heterocycles. The molecule has 0 unspecified atom stereocenters. The van der Waals surface area contributed by atoms with Crippen LogP contribution in [0.25, 0.3) is 0 Å². The first-order valence-electron chi connectivity index (χ1n) is 14.2. The predicted molar refractivity (Wildman–Crippen MR) is 161 cm³/mol. The smallest absolute Gasteiger partial charge is 0.174 e. The van der Waals surface area contributed by atoms with Gasteiger partial charge in [-0.05, 0) is 61.4 Å². The second kappa shape index (κ2) is 17.1. The van der Waals surface area contributed by atoms with Gasteiger partial charge in [-0.2, -0.15) is 0 Å². The van der Waals surface area contributed by atoms with Gasteiger partial charge in [0.1, 0.15) is 34.4 Å². The van der Waals surface area contributed by atoms with Crippen molar-refractivity contribution in [3.8, 4) is 23.0 Å². The van der Waals surface area contributed by atoms with E-state index in [2.05, 4.69) is 30.4 Å². The van der Waals surface area contributed by atoms with Crippen molar-refractivity contribution in [1.82, 2.24) is 9.97 Å². The summed E-state index contributed by atoms with van der Waals surface area (Å²) in [4.78, 5) is 8.15. The number of azo groups is 2. The van der Waals surface area contributed by atoms with E-state index in [-0.39, 0.29) is 11.5 Å². The van der Waals surface area contributed by atoms with Gasteiger partial charge in [0, 0.05) is 24.5 Å². The fourth-order valence-electron chi connectivity index (χ4n) is 4.04. The fraction of sp³-hybridized carbons (Fsp3) is 0.312. The first kappa shape index (κ1) is 30.1. The Morgan fingerprint density at radius 3 is 1.31 bits per heavy atom. The number of unbranched alkanes of at least 4 members (excludes halogenated alkanes) is 7. The summed E-state index contributed by atoms with van der Waals surface area (Å²) in [5.41, 5.74) is 0.738. The average molecular weight is 569 g/mol. The lowest BCUT2D eigenvalue weighted by molar-refractivity contribution is 0.299. The molecule has 218 valence electrons. The summed E-state index contributed by atoms with van der Waals surface area (Å²) in [6, 6.07) is 20.8. The Hall–Kier alpha value is -4.86. The standard InChI is InChI=1S/C32H36N6O4/c39-29-23-25(15-17-27(29)35-37-31-13-7-9-19-33-31)41-21-11-5-3-1-2-4-6-12-22-42-26-16-18-28(30(40)24-26)36-38-32-14-8-10-20-34-32/h7-10,13-20,23-24,39-40H,1-6,11-12,21-22H2. The zero-order valence-corrected chi connectivity index (χ0v) is 23.5. The van der Waals surface area contributed by atoms with E-state index >= 15 is 0 Å². The molecule has 0 radical (unpaired) electrons. The van der Waals surface area contributed by atoms with E-state index in [1.807, 2.05) is 12.1 Å². The van der Waals surface area contributed by atoms with Gasteiger partial charge in [0.2, 0.25) is 0 Å². The van der Waals surface area contributed by atoms with E-state index in [1.54, 1.807) is 73.1 Å². The molecule has 0 atom stereocenters. The topological polar surface area (TPSA) is 134 Å². The highest BCUT2D eigenvalue weighted by Crippen LogP contribution is 2.32. The number of hydrogen-bond acceptors (Lipinski definition) is 10. The van der Waals surface area contributed by atoms with Crippen LogP contribution in [0.3, 0.4) is 0 Å². The van der Waals surface area contributed by atoms with Crippen molar-refractivity contribution >= 4 is 23.0 Å². The van der Waals surface area contributed by atoms with Crippen LogP contribution in [0.2, 0.25) is 0 Å². The normalized spacial score (nSPS) is 11.3. The molecular formula is C32H36N6O4. The maximum absolute atomic E-state index is 10.2. The largest absolute Gasteiger partial charge is 0.505 e. The SMILES string of the molecule is Oc1cc(OCCCCCCCCCCOc2ccc(N=Nc3ccccn3)c(O)c2)ccc1N=Nc1ccccn1. The first-order valence-corrected chi connectivity index (χ1v) is 14.2. The van der Waals surface area contributed by atoms with Crippen molar-refractivity contribution in [2.24, 2.45) is 20.5 Å². The van der Waals surface area contributed by atoms with Crippen LogP contribution in [0.5, 0.6) is 23.0 Å². The minimum absolute atomic E-state index is 0.0217. The maximum atomic E-state index is 10.2. The molecule has 2 aromatic carbocycles. The molecule has 42 heavy (non-hydrogen) atoms. The minimum Gasteiger partial charge on any atom is -0.505 e. The molecule has 2 heterocycles. The van der Waals surface area contributed by atoms with Crippen molar-refractivity contribution in [3.05, 3.63) is 85.2 Å². The molecule has 10 nitrogen and oxygen atoms in total. The third-order valence-electron chi connectivity index (χ3n) is 6.29. The van der Waals surface area contributed by atoms with Gasteiger partial charge in [-0.1, -0.05) is 50.7 Å².